The summed E-state index contributed by atoms with van der Waals surface area (Å²) in [5.74, 6) is -2.12. The van der Waals surface area contributed by atoms with Crippen LogP contribution in [0.1, 0.15) is 31.0 Å². The van der Waals surface area contributed by atoms with Crippen LogP contribution in [0.15, 0.2) is 54.1 Å². The Morgan fingerprint density at radius 3 is 2.23 bits per heavy atom. The second-order valence-corrected chi connectivity index (χ2v) is 7.51. The zero-order valence-electron chi connectivity index (χ0n) is 16.9. The summed E-state index contributed by atoms with van der Waals surface area (Å²) in [6, 6.07) is 11.2. The fourth-order valence-electron chi connectivity index (χ4n) is 3.65. The largest absolute Gasteiger partial charge is 0.507 e. The normalized spacial score (nSPS) is 18.4. The van der Waals surface area contributed by atoms with Crippen LogP contribution in [0.2, 0.25) is 5.02 Å². The average molecular weight is 431 g/mol. The predicted octanol–water partition coefficient (Wildman–Crippen LogP) is 4.24. The molecule has 1 aliphatic rings. The molecule has 1 fully saturated rings. The van der Waals surface area contributed by atoms with Crippen LogP contribution in [-0.4, -0.2) is 52.8 Å². The van der Waals surface area contributed by atoms with Gasteiger partial charge in [-0.3, -0.25) is 9.59 Å². The van der Waals surface area contributed by atoms with Crippen molar-refractivity contribution in [2.45, 2.75) is 19.9 Å². The van der Waals surface area contributed by atoms with Crippen molar-refractivity contribution in [1.29, 1.82) is 0 Å². The highest BCUT2D eigenvalue weighted by Gasteiger charge is 2.45. The number of aliphatic hydroxyl groups is 1. The van der Waals surface area contributed by atoms with E-state index < -0.39 is 23.5 Å². The number of hydrogen-bond acceptors (Lipinski definition) is 4. The number of benzene rings is 2. The van der Waals surface area contributed by atoms with Crippen molar-refractivity contribution in [1.82, 2.24) is 9.80 Å². The maximum absolute atomic E-state index is 13.5. The molecule has 1 amide bonds. The van der Waals surface area contributed by atoms with Crippen LogP contribution in [0.3, 0.4) is 0 Å². The van der Waals surface area contributed by atoms with Crippen LogP contribution in [0.5, 0.6) is 0 Å². The van der Waals surface area contributed by atoms with E-state index in [2.05, 4.69) is 4.90 Å². The molecule has 7 heteroatoms. The fourth-order valence-corrected chi connectivity index (χ4v) is 3.78. The Morgan fingerprint density at radius 1 is 1.07 bits per heavy atom. The van der Waals surface area contributed by atoms with Crippen LogP contribution in [0.4, 0.5) is 4.39 Å². The summed E-state index contributed by atoms with van der Waals surface area (Å²) < 4.78 is 13.5. The molecule has 0 spiro atoms. The van der Waals surface area contributed by atoms with Gasteiger partial charge in [-0.25, -0.2) is 4.39 Å². The lowest BCUT2D eigenvalue weighted by Crippen LogP contribution is -2.38. The molecular formula is C23H24ClFN2O3. The Bertz CT molecular complexity index is 953. The molecule has 5 nitrogen and oxygen atoms in total. The second-order valence-electron chi connectivity index (χ2n) is 7.08. The molecule has 1 N–H and O–H groups in total. The van der Waals surface area contributed by atoms with E-state index in [0.29, 0.717) is 29.2 Å². The number of likely N-dealkylation sites (N-methyl/N-ethyl adjacent to an activating group) is 1. The van der Waals surface area contributed by atoms with E-state index in [1.807, 2.05) is 13.8 Å². The van der Waals surface area contributed by atoms with E-state index in [4.69, 9.17) is 11.6 Å². The van der Waals surface area contributed by atoms with Crippen LogP contribution in [0.25, 0.3) is 5.76 Å². The SMILES string of the molecule is CCN(CC)CCN1C(=O)C(=O)C(=C(O)c2ccc(Cl)cc2)[C@@H]1c1ccc(F)cc1. The van der Waals surface area contributed by atoms with Crippen molar-refractivity contribution in [2.24, 2.45) is 0 Å². The summed E-state index contributed by atoms with van der Waals surface area (Å²) in [5.41, 5.74) is 0.937. The lowest BCUT2D eigenvalue weighted by atomic mass is 9.95. The molecule has 0 aliphatic carbocycles. The smallest absolute Gasteiger partial charge is 0.295 e. The summed E-state index contributed by atoms with van der Waals surface area (Å²) in [7, 11) is 0. The Kier molecular flexibility index (Phi) is 6.90. The fraction of sp³-hybridized carbons (Fsp3) is 0.304. The third-order valence-electron chi connectivity index (χ3n) is 5.39. The maximum Gasteiger partial charge on any atom is 0.295 e. The first kappa shape index (κ1) is 22.0. The molecule has 2 aromatic carbocycles. The number of nitrogens with zero attached hydrogens (tertiary/aromatic N) is 2. The van der Waals surface area contributed by atoms with Gasteiger partial charge in [0.05, 0.1) is 11.6 Å². The average Bonchev–Trinajstić information content (AvgIpc) is 3.00. The van der Waals surface area contributed by atoms with E-state index in [-0.39, 0.29) is 11.3 Å². The molecule has 0 bridgehead atoms. The van der Waals surface area contributed by atoms with Gasteiger partial charge in [-0.1, -0.05) is 37.6 Å². The van der Waals surface area contributed by atoms with E-state index in [1.54, 1.807) is 24.3 Å². The first-order valence-electron chi connectivity index (χ1n) is 9.89. The number of ketones is 1. The summed E-state index contributed by atoms with van der Waals surface area (Å²) in [6.07, 6.45) is 0. The summed E-state index contributed by atoms with van der Waals surface area (Å²) in [5, 5.41) is 11.4. The van der Waals surface area contributed by atoms with Crippen LogP contribution < -0.4 is 0 Å². The first-order chi connectivity index (χ1) is 14.4. The molecule has 0 radical (unpaired) electrons. The molecule has 0 aromatic heterocycles. The van der Waals surface area contributed by atoms with Gasteiger partial charge in [0, 0.05) is 23.7 Å². The number of rotatable bonds is 7. The Morgan fingerprint density at radius 2 is 1.67 bits per heavy atom. The quantitative estimate of drug-likeness (QED) is 0.405. The minimum absolute atomic E-state index is 0.00604. The standard InChI is InChI=1S/C23H24ClFN2O3/c1-3-26(4-2)13-14-27-20(15-7-11-18(25)12-8-15)19(22(29)23(27)30)21(28)16-5-9-17(24)10-6-16/h5-12,20,28H,3-4,13-14H2,1-2H3/t20-/m0/s1. The number of amides is 1. The van der Waals surface area contributed by atoms with Crippen LogP contribution >= 0.6 is 11.6 Å². The van der Waals surface area contributed by atoms with Crippen LogP contribution in [0, 0.1) is 5.82 Å². The third kappa shape index (κ3) is 4.40. The minimum Gasteiger partial charge on any atom is -0.507 e. The lowest BCUT2D eigenvalue weighted by Gasteiger charge is -2.28. The molecule has 1 atom stereocenters. The summed E-state index contributed by atoms with van der Waals surface area (Å²) >= 11 is 5.92. The first-order valence-corrected chi connectivity index (χ1v) is 10.3. The van der Waals surface area contributed by atoms with E-state index in [0.717, 1.165) is 13.1 Å². The molecular weight excluding hydrogens is 407 g/mol. The van der Waals surface area contributed by atoms with Gasteiger partial charge in [-0.15, -0.1) is 0 Å². The number of likely N-dealkylation sites (tertiary alicyclic amines) is 1. The van der Waals surface area contributed by atoms with Gasteiger partial charge >= 0.3 is 0 Å². The molecule has 0 unspecified atom stereocenters. The number of carbonyl (C=O) groups is 2. The molecule has 2 aromatic rings. The van der Waals surface area contributed by atoms with Crippen molar-refractivity contribution >= 4 is 29.1 Å². The van der Waals surface area contributed by atoms with Gasteiger partial charge in [0.2, 0.25) is 0 Å². The Labute approximate surface area is 180 Å². The van der Waals surface area contributed by atoms with E-state index in [9.17, 15) is 19.1 Å². The van der Waals surface area contributed by atoms with Crippen molar-refractivity contribution in [2.75, 3.05) is 26.2 Å². The monoisotopic (exact) mass is 430 g/mol. The van der Waals surface area contributed by atoms with Gasteiger partial charge in [-0.2, -0.15) is 0 Å². The van der Waals surface area contributed by atoms with Crippen molar-refractivity contribution in [3.8, 4) is 0 Å². The highest BCUT2D eigenvalue weighted by atomic mass is 35.5. The zero-order valence-corrected chi connectivity index (χ0v) is 17.7. The maximum atomic E-state index is 13.5. The lowest BCUT2D eigenvalue weighted by molar-refractivity contribution is -0.140. The Hall–Kier alpha value is -2.70. The Balaban J connectivity index is 2.08. The van der Waals surface area contributed by atoms with E-state index >= 15 is 0 Å². The van der Waals surface area contributed by atoms with Gasteiger partial charge in [-0.05, 0) is 55.1 Å². The van der Waals surface area contributed by atoms with Crippen molar-refractivity contribution in [3.63, 3.8) is 0 Å². The number of aliphatic hydroxyl groups excluding tert-OH is 1. The highest BCUT2D eigenvalue weighted by molar-refractivity contribution is 6.46. The van der Waals surface area contributed by atoms with Gasteiger partial charge in [0.25, 0.3) is 11.7 Å². The summed E-state index contributed by atoms with van der Waals surface area (Å²) in [6.45, 7) is 6.56. The molecule has 1 saturated heterocycles. The topological polar surface area (TPSA) is 60.9 Å². The zero-order chi connectivity index (χ0) is 21.8. The summed E-state index contributed by atoms with van der Waals surface area (Å²) in [4.78, 5) is 29.4. The van der Waals surface area contributed by atoms with Gasteiger partial charge in [0.1, 0.15) is 11.6 Å². The molecule has 158 valence electrons. The van der Waals surface area contributed by atoms with Crippen molar-refractivity contribution < 1.29 is 19.1 Å². The van der Waals surface area contributed by atoms with E-state index in [1.165, 1.54) is 29.2 Å². The number of carbonyl (C=O) groups excluding carboxylic acids is 2. The van der Waals surface area contributed by atoms with Crippen molar-refractivity contribution in [3.05, 3.63) is 76.1 Å². The number of hydrogen-bond donors (Lipinski definition) is 1. The molecule has 3 rings (SSSR count). The van der Waals surface area contributed by atoms with Gasteiger partial charge < -0.3 is 14.9 Å². The van der Waals surface area contributed by atoms with Crippen LogP contribution in [-0.2, 0) is 9.59 Å². The molecule has 1 aliphatic heterocycles. The number of Topliss-reactive ketones (excluding diaryl/α,β-unsaturated/α-hetero) is 1. The third-order valence-corrected chi connectivity index (χ3v) is 5.65. The molecule has 1 heterocycles. The second kappa shape index (κ2) is 9.41. The number of halogens is 2. The van der Waals surface area contributed by atoms with Gasteiger partial charge in [0.15, 0.2) is 0 Å². The predicted molar refractivity (Wildman–Crippen MR) is 115 cm³/mol. The molecule has 30 heavy (non-hydrogen) atoms. The highest BCUT2D eigenvalue weighted by Crippen LogP contribution is 2.39. The molecule has 0 saturated carbocycles. The minimum atomic E-state index is -0.795.